The lowest BCUT2D eigenvalue weighted by Gasteiger charge is -2.29. The predicted molar refractivity (Wildman–Crippen MR) is 89.9 cm³/mol. The van der Waals surface area contributed by atoms with Crippen molar-refractivity contribution in [2.75, 3.05) is 12.4 Å². The average molecular weight is 321 g/mol. The highest BCUT2D eigenvalue weighted by Crippen LogP contribution is 2.60. The van der Waals surface area contributed by atoms with E-state index in [0.29, 0.717) is 35.7 Å². The third kappa shape index (κ3) is 3.06. The quantitative estimate of drug-likeness (QED) is 0.813. The van der Waals surface area contributed by atoms with Gasteiger partial charge in [0.15, 0.2) is 0 Å². The fraction of sp³-hybridized carbons (Fsp3) is 0.722. The number of aliphatic hydroxyl groups is 1. The fourth-order valence-corrected chi connectivity index (χ4v) is 5.42. The summed E-state index contributed by atoms with van der Waals surface area (Å²) in [5, 5.41) is 11.1. The third-order valence-electron chi connectivity index (χ3n) is 5.79. The van der Waals surface area contributed by atoms with Gasteiger partial charge in [-0.3, -0.25) is 0 Å². The first-order valence-electron chi connectivity index (χ1n) is 8.33. The van der Waals surface area contributed by atoms with Crippen molar-refractivity contribution in [2.24, 2.45) is 23.2 Å². The van der Waals surface area contributed by atoms with Crippen LogP contribution in [0, 0.1) is 23.2 Å². The van der Waals surface area contributed by atoms with Gasteiger partial charge in [-0.15, -0.1) is 11.8 Å². The van der Waals surface area contributed by atoms with Crippen LogP contribution in [0.25, 0.3) is 0 Å². The van der Waals surface area contributed by atoms with Crippen molar-refractivity contribution in [3.8, 4) is 0 Å². The van der Waals surface area contributed by atoms with E-state index in [2.05, 4.69) is 25.8 Å². The van der Waals surface area contributed by atoms with E-state index < -0.39 is 6.10 Å². The number of hydrogen-bond acceptors (Lipinski definition) is 4. The van der Waals surface area contributed by atoms with Crippen LogP contribution < -0.4 is 0 Å². The van der Waals surface area contributed by atoms with Gasteiger partial charge in [0.2, 0.25) is 0 Å². The first-order chi connectivity index (χ1) is 10.5. The molecule has 0 spiro atoms. The molecule has 1 heterocycles. The van der Waals surface area contributed by atoms with Crippen molar-refractivity contribution in [3.05, 3.63) is 24.4 Å². The smallest absolute Gasteiger partial charge is 0.0960 e. The Morgan fingerprint density at radius 3 is 2.77 bits per heavy atom. The molecular formula is C18H27NO2S. The van der Waals surface area contributed by atoms with Gasteiger partial charge < -0.3 is 9.84 Å². The average Bonchev–Trinajstić information content (AvgIpc) is 2.90. The standard InChI is InChI=1S/C18H27NO2S/c1-12-14-7-8-15(18(14,2)3)17(12)21-10-13(20)11-22-16-6-4-5-9-19-16/h4-6,9,12-15,17,20H,7-8,10-11H2,1-3H3/t12-,13-,14+,15+,17+/m0/s1. The van der Waals surface area contributed by atoms with Crippen LogP contribution in [0.5, 0.6) is 0 Å². The Morgan fingerprint density at radius 2 is 2.14 bits per heavy atom. The van der Waals surface area contributed by atoms with Crippen LogP contribution in [0.1, 0.15) is 33.6 Å². The Hall–Kier alpha value is -0.580. The number of thioether (sulfide) groups is 1. The summed E-state index contributed by atoms with van der Waals surface area (Å²) in [4.78, 5) is 4.26. The molecule has 0 unspecified atom stereocenters. The molecule has 2 aliphatic carbocycles. The molecule has 3 nitrogen and oxygen atoms in total. The lowest BCUT2D eigenvalue weighted by Crippen LogP contribution is -2.32. The van der Waals surface area contributed by atoms with E-state index in [1.54, 1.807) is 18.0 Å². The third-order valence-corrected chi connectivity index (χ3v) is 6.88. The Bertz CT molecular complexity index is 493. The summed E-state index contributed by atoms with van der Waals surface area (Å²) in [6.45, 7) is 7.55. The monoisotopic (exact) mass is 321 g/mol. The summed E-state index contributed by atoms with van der Waals surface area (Å²) < 4.78 is 6.15. The number of nitrogens with zero attached hydrogens (tertiary/aromatic N) is 1. The van der Waals surface area contributed by atoms with E-state index in [4.69, 9.17) is 4.74 Å². The molecule has 0 saturated heterocycles. The van der Waals surface area contributed by atoms with Gasteiger partial charge in [-0.2, -0.15) is 0 Å². The number of hydrogen-bond donors (Lipinski definition) is 1. The number of aromatic nitrogens is 1. The van der Waals surface area contributed by atoms with E-state index in [1.165, 1.54) is 12.8 Å². The molecule has 2 bridgehead atoms. The topological polar surface area (TPSA) is 42.4 Å². The molecule has 0 amide bonds. The number of aliphatic hydroxyl groups excluding tert-OH is 1. The second-order valence-corrected chi connectivity index (χ2v) is 8.44. The molecule has 0 radical (unpaired) electrons. The molecule has 2 saturated carbocycles. The van der Waals surface area contributed by atoms with Crippen molar-refractivity contribution in [3.63, 3.8) is 0 Å². The molecule has 1 aromatic heterocycles. The molecular weight excluding hydrogens is 294 g/mol. The zero-order chi connectivity index (χ0) is 15.7. The van der Waals surface area contributed by atoms with E-state index in [9.17, 15) is 5.11 Å². The molecule has 1 N–H and O–H groups in total. The maximum atomic E-state index is 10.2. The second kappa shape index (κ2) is 6.50. The zero-order valence-corrected chi connectivity index (χ0v) is 14.6. The van der Waals surface area contributed by atoms with Crippen molar-refractivity contribution in [2.45, 2.75) is 50.8 Å². The van der Waals surface area contributed by atoms with Gasteiger partial charge in [0.05, 0.1) is 23.8 Å². The van der Waals surface area contributed by atoms with Crippen LogP contribution in [0.15, 0.2) is 29.4 Å². The zero-order valence-electron chi connectivity index (χ0n) is 13.7. The number of pyridine rings is 1. The van der Waals surface area contributed by atoms with Gasteiger partial charge >= 0.3 is 0 Å². The maximum absolute atomic E-state index is 10.2. The molecule has 2 aliphatic rings. The van der Waals surface area contributed by atoms with Crippen LogP contribution in [-0.4, -0.2) is 34.7 Å². The van der Waals surface area contributed by atoms with E-state index >= 15 is 0 Å². The first-order valence-corrected chi connectivity index (χ1v) is 9.32. The van der Waals surface area contributed by atoms with Crippen molar-refractivity contribution in [1.29, 1.82) is 0 Å². The van der Waals surface area contributed by atoms with Crippen molar-refractivity contribution < 1.29 is 9.84 Å². The number of ether oxygens (including phenoxy) is 1. The molecule has 122 valence electrons. The molecule has 5 atom stereocenters. The molecule has 0 aliphatic heterocycles. The van der Waals surface area contributed by atoms with E-state index in [0.717, 1.165) is 10.9 Å². The van der Waals surface area contributed by atoms with Gasteiger partial charge in [0.1, 0.15) is 0 Å². The van der Waals surface area contributed by atoms with Crippen LogP contribution in [0.3, 0.4) is 0 Å². The summed E-state index contributed by atoms with van der Waals surface area (Å²) in [5.74, 6) is 2.69. The lowest BCUT2D eigenvalue weighted by atomic mass is 9.80. The summed E-state index contributed by atoms with van der Waals surface area (Å²) in [6, 6.07) is 5.85. The largest absolute Gasteiger partial charge is 0.390 e. The lowest BCUT2D eigenvalue weighted by molar-refractivity contribution is -0.0506. The summed E-state index contributed by atoms with van der Waals surface area (Å²) in [6.07, 6.45) is 4.30. The Balaban J connectivity index is 1.47. The summed E-state index contributed by atoms with van der Waals surface area (Å²) in [7, 11) is 0. The van der Waals surface area contributed by atoms with Gasteiger partial charge in [-0.05, 0) is 48.1 Å². The molecule has 2 fully saturated rings. The molecule has 0 aromatic carbocycles. The molecule has 1 aromatic rings. The van der Waals surface area contributed by atoms with Gasteiger partial charge in [0.25, 0.3) is 0 Å². The van der Waals surface area contributed by atoms with Crippen LogP contribution in [0.2, 0.25) is 0 Å². The number of fused-ring (bicyclic) bond motifs is 2. The Labute approximate surface area is 137 Å². The number of rotatable bonds is 6. The highest BCUT2D eigenvalue weighted by molar-refractivity contribution is 7.99. The normalized spacial score (nSPS) is 34.0. The molecule has 22 heavy (non-hydrogen) atoms. The van der Waals surface area contributed by atoms with Crippen molar-refractivity contribution >= 4 is 11.8 Å². The second-order valence-electron chi connectivity index (χ2n) is 7.40. The highest BCUT2D eigenvalue weighted by atomic mass is 32.2. The van der Waals surface area contributed by atoms with Gasteiger partial charge in [-0.1, -0.05) is 26.8 Å². The fourth-order valence-electron chi connectivity index (χ4n) is 4.65. The first kappa shape index (κ1) is 16.3. The van der Waals surface area contributed by atoms with Crippen LogP contribution >= 0.6 is 11.8 Å². The maximum Gasteiger partial charge on any atom is 0.0960 e. The van der Waals surface area contributed by atoms with Crippen LogP contribution in [-0.2, 0) is 4.74 Å². The Kier molecular flexibility index (Phi) is 4.81. The van der Waals surface area contributed by atoms with E-state index in [1.807, 2.05) is 18.2 Å². The van der Waals surface area contributed by atoms with Crippen LogP contribution in [0.4, 0.5) is 0 Å². The minimum absolute atomic E-state index is 0.322. The molecule has 4 heteroatoms. The minimum atomic E-state index is -0.429. The molecule has 3 rings (SSSR count). The summed E-state index contributed by atoms with van der Waals surface area (Å²) >= 11 is 1.59. The van der Waals surface area contributed by atoms with Gasteiger partial charge in [0, 0.05) is 11.9 Å². The van der Waals surface area contributed by atoms with Gasteiger partial charge in [-0.25, -0.2) is 4.98 Å². The minimum Gasteiger partial charge on any atom is -0.390 e. The highest BCUT2D eigenvalue weighted by Gasteiger charge is 2.57. The van der Waals surface area contributed by atoms with E-state index in [-0.39, 0.29) is 0 Å². The Morgan fingerprint density at radius 1 is 1.36 bits per heavy atom. The predicted octanol–water partition coefficient (Wildman–Crippen LogP) is 3.62. The van der Waals surface area contributed by atoms with Crippen molar-refractivity contribution in [1.82, 2.24) is 4.98 Å². The SMILES string of the molecule is C[C@@H]1[C@@H](OC[C@H](O)CSc2ccccn2)[C@H]2CC[C@H]1C2(C)C. The summed E-state index contributed by atoms with van der Waals surface area (Å²) in [5.41, 5.74) is 0.401.